The fourth-order valence-electron chi connectivity index (χ4n) is 1.96. The average molecular weight is 264 g/mol. The third-order valence-corrected chi connectivity index (χ3v) is 2.72. The van der Waals surface area contributed by atoms with E-state index in [4.69, 9.17) is 0 Å². The molecule has 0 aliphatic heterocycles. The topological polar surface area (TPSA) is 34.9 Å². The highest BCUT2D eigenvalue weighted by atomic mass is 19.1. The molecule has 0 N–H and O–H groups in total. The Labute approximate surface area is 109 Å². The van der Waals surface area contributed by atoms with Crippen molar-refractivity contribution in [3.8, 4) is 0 Å². The molecule has 0 unspecified atom stereocenters. The highest BCUT2D eigenvalue weighted by molar-refractivity contribution is 5.94. The lowest BCUT2D eigenvalue weighted by atomic mass is 10.1. The number of benzene rings is 1. The maximum absolute atomic E-state index is 13.0. The summed E-state index contributed by atoms with van der Waals surface area (Å²) >= 11 is 0. The van der Waals surface area contributed by atoms with Crippen LogP contribution < -0.4 is 0 Å². The number of carbonyl (C=O) groups is 1. The van der Waals surface area contributed by atoms with E-state index in [2.05, 4.69) is 4.98 Å². The molecule has 2 rings (SSSR count). The van der Waals surface area contributed by atoms with Crippen molar-refractivity contribution in [3.63, 3.8) is 0 Å². The molecule has 19 heavy (non-hydrogen) atoms. The van der Waals surface area contributed by atoms with Crippen LogP contribution in [0.5, 0.6) is 0 Å². The molecular weight excluding hydrogens is 250 g/mol. The molecule has 0 saturated carbocycles. The van der Waals surface area contributed by atoms with Crippen molar-refractivity contribution in [3.05, 3.63) is 53.6 Å². The van der Waals surface area contributed by atoms with Gasteiger partial charge >= 0.3 is 0 Å². The summed E-state index contributed by atoms with van der Waals surface area (Å²) in [5.41, 5.74) is 0.313. The Kier molecular flexibility index (Phi) is 4.04. The first-order chi connectivity index (χ1) is 9.10. The summed E-state index contributed by atoms with van der Waals surface area (Å²) in [5, 5.41) is 0. The number of ketones is 1. The van der Waals surface area contributed by atoms with E-state index in [0.717, 1.165) is 24.6 Å². The van der Waals surface area contributed by atoms with Gasteiger partial charge in [0, 0.05) is 31.4 Å². The normalized spacial score (nSPS) is 10.7. The van der Waals surface area contributed by atoms with Crippen LogP contribution >= 0.6 is 0 Å². The number of nitrogens with zero attached hydrogens (tertiary/aromatic N) is 2. The fourth-order valence-corrected chi connectivity index (χ4v) is 1.96. The zero-order valence-electron chi connectivity index (χ0n) is 10.6. The minimum Gasteiger partial charge on any atom is -0.329 e. The van der Waals surface area contributed by atoms with E-state index in [1.54, 1.807) is 17.0 Å². The smallest absolute Gasteiger partial charge is 0.202 e. The number of imidazole rings is 1. The number of halogens is 2. The molecule has 0 aliphatic carbocycles. The Hall–Kier alpha value is -2.04. The van der Waals surface area contributed by atoms with Crippen LogP contribution in [0.2, 0.25) is 0 Å². The first kappa shape index (κ1) is 13.4. The van der Waals surface area contributed by atoms with Crippen molar-refractivity contribution in [1.82, 2.24) is 9.55 Å². The minimum absolute atomic E-state index is 0.0601. The second-order valence-electron chi connectivity index (χ2n) is 4.32. The zero-order valence-corrected chi connectivity index (χ0v) is 10.6. The van der Waals surface area contributed by atoms with Gasteiger partial charge < -0.3 is 4.57 Å². The van der Waals surface area contributed by atoms with Gasteiger partial charge in [-0.1, -0.05) is 6.92 Å². The van der Waals surface area contributed by atoms with Crippen LogP contribution in [-0.4, -0.2) is 15.3 Å². The summed E-state index contributed by atoms with van der Waals surface area (Å²) in [6.45, 7) is 2.69. The lowest BCUT2D eigenvalue weighted by Gasteiger charge is -2.05. The molecule has 1 aromatic heterocycles. The van der Waals surface area contributed by atoms with Crippen LogP contribution in [0.1, 0.15) is 29.5 Å². The third-order valence-electron chi connectivity index (χ3n) is 2.72. The van der Waals surface area contributed by atoms with Crippen molar-refractivity contribution in [2.24, 2.45) is 0 Å². The second-order valence-corrected chi connectivity index (χ2v) is 4.32. The molecule has 1 aromatic carbocycles. The molecule has 0 saturated heterocycles. The van der Waals surface area contributed by atoms with Gasteiger partial charge in [-0.05, 0) is 24.1 Å². The molecule has 0 aliphatic rings. The van der Waals surface area contributed by atoms with E-state index in [1.165, 1.54) is 0 Å². The van der Waals surface area contributed by atoms with Crippen LogP contribution in [0, 0.1) is 11.6 Å². The molecule has 5 heteroatoms. The molecule has 1 heterocycles. The summed E-state index contributed by atoms with van der Waals surface area (Å²) in [6.07, 6.45) is 4.10. The molecule has 0 spiro atoms. The van der Waals surface area contributed by atoms with Crippen molar-refractivity contribution >= 4 is 5.78 Å². The SMILES string of the molecule is CCCn1ccnc1C(=O)Cc1cc(F)cc(F)c1. The quantitative estimate of drug-likeness (QED) is 0.778. The van der Waals surface area contributed by atoms with Crippen LogP contribution in [0.25, 0.3) is 0 Å². The van der Waals surface area contributed by atoms with E-state index in [9.17, 15) is 13.6 Å². The van der Waals surface area contributed by atoms with Gasteiger partial charge in [-0.2, -0.15) is 0 Å². The van der Waals surface area contributed by atoms with Crippen LogP contribution in [0.4, 0.5) is 8.78 Å². The Morgan fingerprint density at radius 2 is 1.95 bits per heavy atom. The van der Waals surface area contributed by atoms with Gasteiger partial charge in [0.15, 0.2) is 5.82 Å². The number of hydrogen-bond acceptors (Lipinski definition) is 2. The highest BCUT2D eigenvalue weighted by Crippen LogP contribution is 2.11. The van der Waals surface area contributed by atoms with Gasteiger partial charge in [-0.3, -0.25) is 4.79 Å². The van der Waals surface area contributed by atoms with E-state index in [1.807, 2.05) is 6.92 Å². The largest absolute Gasteiger partial charge is 0.329 e. The lowest BCUT2D eigenvalue weighted by Crippen LogP contribution is -2.12. The van der Waals surface area contributed by atoms with Gasteiger partial charge in [0.2, 0.25) is 5.78 Å². The lowest BCUT2D eigenvalue weighted by molar-refractivity contribution is 0.0978. The number of hydrogen-bond donors (Lipinski definition) is 0. The number of carbonyl (C=O) groups excluding carboxylic acids is 1. The number of aromatic nitrogens is 2. The molecule has 0 radical (unpaired) electrons. The van der Waals surface area contributed by atoms with E-state index < -0.39 is 11.6 Å². The molecule has 2 aromatic rings. The summed E-state index contributed by atoms with van der Waals surface area (Å²) in [5.74, 6) is -1.28. The number of Topliss-reactive ketones (excluding diaryl/α,β-unsaturated/α-hetero) is 1. The first-order valence-corrected chi connectivity index (χ1v) is 6.09. The van der Waals surface area contributed by atoms with Gasteiger partial charge in [0.05, 0.1) is 0 Å². The van der Waals surface area contributed by atoms with Crippen molar-refractivity contribution in [2.75, 3.05) is 0 Å². The predicted octanol–water partition coefficient (Wildman–Crippen LogP) is 3.00. The molecular formula is C14H14F2N2O. The number of rotatable bonds is 5. The molecule has 0 amide bonds. The molecule has 0 bridgehead atoms. The summed E-state index contributed by atoms with van der Waals surface area (Å²) in [4.78, 5) is 16.1. The number of aryl methyl sites for hydroxylation is 1. The van der Waals surface area contributed by atoms with E-state index >= 15 is 0 Å². The van der Waals surface area contributed by atoms with E-state index in [0.29, 0.717) is 17.9 Å². The standard InChI is InChI=1S/C14H14F2N2O/c1-2-4-18-5-3-17-14(18)13(19)8-10-6-11(15)9-12(16)7-10/h3,5-7,9H,2,4,8H2,1H3. The van der Waals surface area contributed by atoms with Crippen molar-refractivity contribution in [2.45, 2.75) is 26.3 Å². The third kappa shape index (κ3) is 3.24. The zero-order chi connectivity index (χ0) is 13.8. The van der Waals surface area contributed by atoms with Crippen molar-refractivity contribution in [1.29, 1.82) is 0 Å². The summed E-state index contributed by atoms with van der Waals surface area (Å²) in [6, 6.07) is 3.11. The maximum atomic E-state index is 13.0. The van der Waals surface area contributed by atoms with Crippen LogP contribution in [-0.2, 0) is 13.0 Å². The highest BCUT2D eigenvalue weighted by Gasteiger charge is 2.14. The minimum atomic E-state index is -0.681. The van der Waals surface area contributed by atoms with Crippen LogP contribution in [0.15, 0.2) is 30.6 Å². The molecule has 100 valence electrons. The molecule has 3 nitrogen and oxygen atoms in total. The molecule has 0 fully saturated rings. The Morgan fingerprint density at radius 3 is 2.58 bits per heavy atom. The van der Waals surface area contributed by atoms with E-state index in [-0.39, 0.29) is 12.2 Å². The average Bonchev–Trinajstić information content (AvgIpc) is 2.76. The monoisotopic (exact) mass is 264 g/mol. The molecule has 0 atom stereocenters. The van der Waals surface area contributed by atoms with Crippen molar-refractivity contribution < 1.29 is 13.6 Å². The fraction of sp³-hybridized carbons (Fsp3) is 0.286. The maximum Gasteiger partial charge on any atom is 0.202 e. The van der Waals surface area contributed by atoms with Gasteiger partial charge in [0.25, 0.3) is 0 Å². The summed E-state index contributed by atoms with van der Waals surface area (Å²) in [7, 11) is 0. The predicted molar refractivity (Wildman–Crippen MR) is 66.9 cm³/mol. The van der Waals surface area contributed by atoms with Gasteiger partial charge in [0.1, 0.15) is 11.6 Å². The Balaban J connectivity index is 2.18. The van der Waals surface area contributed by atoms with Crippen LogP contribution in [0.3, 0.4) is 0 Å². The van der Waals surface area contributed by atoms with Gasteiger partial charge in [-0.25, -0.2) is 13.8 Å². The first-order valence-electron chi connectivity index (χ1n) is 6.09. The Morgan fingerprint density at radius 1 is 1.26 bits per heavy atom. The summed E-state index contributed by atoms with van der Waals surface area (Å²) < 4.78 is 27.8. The second kappa shape index (κ2) is 5.73. The Bertz CT molecular complexity index is 573. The van der Waals surface area contributed by atoms with Gasteiger partial charge in [-0.15, -0.1) is 0 Å².